The topological polar surface area (TPSA) is 95.8 Å². The predicted molar refractivity (Wildman–Crippen MR) is 91.8 cm³/mol. The quantitative estimate of drug-likeness (QED) is 0.860. The number of amides is 3. The van der Waals surface area contributed by atoms with E-state index in [0.717, 1.165) is 5.56 Å². The molecule has 0 bridgehead atoms. The van der Waals surface area contributed by atoms with Gasteiger partial charge in [-0.25, -0.2) is 10.0 Å². The van der Waals surface area contributed by atoms with Gasteiger partial charge in [0.05, 0.1) is 13.0 Å². The molecule has 1 N–H and O–H groups in total. The van der Waals surface area contributed by atoms with Gasteiger partial charge in [0, 0.05) is 19.2 Å². The van der Waals surface area contributed by atoms with Gasteiger partial charge in [-0.15, -0.1) is 0 Å². The summed E-state index contributed by atoms with van der Waals surface area (Å²) in [4.78, 5) is 36.9. The van der Waals surface area contributed by atoms with E-state index < -0.39 is 0 Å². The normalized spacial score (nSPS) is 13.7. The molecule has 3 rings (SSSR count). The first-order chi connectivity index (χ1) is 12.5. The maximum atomic E-state index is 12.5. The van der Waals surface area contributed by atoms with Gasteiger partial charge in [0.15, 0.2) is 5.69 Å². The average molecular weight is 356 g/mol. The maximum Gasteiger partial charge on any atom is 0.294 e. The van der Waals surface area contributed by atoms with Gasteiger partial charge < -0.3 is 9.84 Å². The molecule has 8 nitrogen and oxygen atoms in total. The molecule has 26 heavy (non-hydrogen) atoms. The molecule has 1 aromatic heterocycles. The summed E-state index contributed by atoms with van der Waals surface area (Å²) >= 11 is 0. The van der Waals surface area contributed by atoms with E-state index in [1.165, 1.54) is 16.1 Å². The fourth-order valence-corrected chi connectivity index (χ4v) is 2.79. The van der Waals surface area contributed by atoms with E-state index in [0.29, 0.717) is 25.3 Å². The number of hydrogen-bond donors (Lipinski definition) is 1. The van der Waals surface area contributed by atoms with E-state index in [1.54, 1.807) is 6.92 Å². The molecule has 1 aromatic carbocycles. The van der Waals surface area contributed by atoms with Gasteiger partial charge in [0.25, 0.3) is 11.8 Å². The number of carbonyl (C=O) groups is 3. The molecule has 0 spiro atoms. The van der Waals surface area contributed by atoms with Gasteiger partial charge in [-0.05, 0) is 18.9 Å². The van der Waals surface area contributed by atoms with Crippen molar-refractivity contribution < 1.29 is 18.9 Å². The molecular weight excluding hydrogens is 336 g/mol. The van der Waals surface area contributed by atoms with Crippen molar-refractivity contribution in [3.05, 3.63) is 53.4 Å². The van der Waals surface area contributed by atoms with Crippen LogP contribution in [0.2, 0.25) is 0 Å². The van der Waals surface area contributed by atoms with Crippen molar-refractivity contribution in [2.24, 2.45) is 0 Å². The lowest BCUT2D eigenvalue weighted by Crippen LogP contribution is -2.48. The SMILES string of the molecule is Cc1cc(C(=O)N2CCCN2C(=O)CNC(=O)Cc2ccccc2)no1. The Bertz CT molecular complexity index is 803. The maximum absolute atomic E-state index is 12.5. The van der Waals surface area contributed by atoms with Gasteiger partial charge in [-0.2, -0.15) is 0 Å². The van der Waals surface area contributed by atoms with Crippen molar-refractivity contribution >= 4 is 17.7 Å². The monoisotopic (exact) mass is 356 g/mol. The first kappa shape index (κ1) is 17.7. The molecule has 0 saturated carbocycles. The number of rotatable bonds is 5. The molecule has 1 fully saturated rings. The molecule has 2 heterocycles. The van der Waals surface area contributed by atoms with Crippen molar-refractivity contribution in [3.63, 3.8) is 0 Å². The van der Waals surface area contributed by atoms with Crippen LogP contribution in [0.25, 0.3) is 0 Å². The smallest absolute Gasteiger partial charge is 0.294 e. The molecular formula is C18H20N4O4. The van der Waals surface area contributed by atoms with E-state index in [-0.39, 0.29) is 36.4 Å². The van der Waals surface area contributed by atoms with Crippen LogP contribution in [-0.2, 0) is 16.0 Å². The predicted octanol–water partition coefficient (Wildman–Crippen LogP) is 0.931. The van der Waals surface area contributed by atoms with Gasteiger partial charge >= 0.3 is 0 Å². The molecule has 1 aliphatic heterocycles. The minimum Gasteiger partial charge on any atom is -0.361 e. The molecule has 1 aliphatic rings. The molecule has 8 heteroatoms. The van der Waals surface area contributed by atoms with Crippen LogP contribution in [0.15, 0.2) is 40.9 Å². The van der Waals surface area contributed by atoms with Crippen LogP contribution in [-0.4, -0.2) is 52.5 Å². The Kier molecular flexibility index (Phi) is 5.31. The van der Waals surface area contributed by atoms with Crippen LogP contribution in [0.3, 0.4) is 0 Å². The molecule has 1 saturated heterocycles. The number of nitrogens with one attached hydrogen (secondary N) is 1. The molecule has 0 aliphatic carbocycles. The summed E-state index contributed by atoms with van der Waals surface area (Å²) in [5.41, 5.74) is 1.03. The van der Waals surface area contributed by atoms with Crippen molar-refractivity contribution in [1.29, 1.82) is 0 Å². The van der Waals surface area contributed by atoms with Gasteiger partial charge in [0.2, 0.25) is 5.91 Å². The van der Waals surface area contributed by atoms with Crippen LogP contribution in [0, 0.1) is 6.92 Å². The van der Waals surface area contributed by atoms with Gasteiger partial charge in [0.1, 0.15) is 5.76 Å². The van der Waals surface area contributed by atoms with Crippen LogP contribution in [0.4, 0.5) is 0 Å². The number of nitrogens with zero attached hydrogens (tertiary/aromatic N) is 3. The van der Waals surface area contributed by atoms with E-state index >= 15 is 0 Å². The number of hydrazine groups is 1. The summed E-state index contributed by atoms with van der Waals surface area (Å²) in [6, 6.07) is 10.8. The lowest BCUT2D eigenvalue weighted by molar-refractivity contribution is -0.140. The zero-order chi connectivity index (χ0) is 18.5. The summed E-state index contributed by atoms with van der Waals surface area (Å²) in [5.74, 6) is -0.437. The fraction of sp³-hybridized carbons (Fsp3) is 0.333. The standard InChI is InChI=1S/C18H20N4O4/c1-13-10-15(20-26-13)18(25)22-9-5-8-21(22)17(24)12-19-16(23)11-14-6-3-2-4-7-14/h2-4,6-7,10H,5,8-9,11-12H2,1H3,(H,19,23). The Labute approximate surface area is 150 Å². The van der Waals surface area contributed by atoms with E-state index in [1.807, 2.05) is 30.3 Å². The van der Waals surface area contributed by atoms with Crippen LogP contribution < -0.4 is 5.32 Å². The third-order valence-corrected chi connectivity index (χ3v) is 4.04. The number of benzene rings is 1. The average Bonchev–Trinajstić information content (AvgIpc) is 3.29. The zero-order valence-corrected chi connectivity index (χ0v) is 14.5. The minimum atomic E-state index is -0.386. The van der Waals surface area contributed by atoms with Crippen molar-refractivity contribution in [2.45, 2.75) is 19.8 Å². The highest BCUT2D eigenvalue weighted by Crippen LogP contribution is 2.15. The molecule has 2 aromatic rings. The highest BCUT2D eigenvalue weighted by molar-refractivity contribution is 5.94. The molecule has 0 unspecified atom stereocenters. The molecule has 3 amide bonds. The van der Waals surface area contributed by atoms with Crippen LogP contribution >= 0.6 is 0 Å². The second kappa shape index (κ2) is 7.81. The number of carbonyl (C=O) groups excluding carboxylic acids is 3. The lowest BCUT2D eigenvalue weighted by Gasteiger charge is -2.27. The largest absolute Gasteiger partial charge is 0.361 e. The van der Waals surface area contributed by atoms with E-state index in [4.69, 9.17) is 4.52 Å². The van der Waals surface area contributed by atoms with E-state index in [2.05, 4.69) is 10.5 Å². The summed E-state index contributed by atoms with van der Waals surface area (Å²) in [7, 11) is 0. The Balaban J connectivity index is 1.55. The third kappa shape index (κ3) is 4.08. The number of aromatic nitrogens is 1. The van der Waals surface area contributed by atoms with Gasteiger partial charge in [-0.3, -0.25) is 14.4 Å². The zero-order valence-electron chi connectivity index (χ0n) is 14.5. The third-order valence-electron chi connectivity index (χ3n) is 4.04. The minimum absolute atomic E-state index is 0.159. The van der Waals surface area contributed by atoms with E-state index in [9.17, 15) is 14.4 Å². The summed E-state index contributed by atoms with van der Waals surface area (Å²) in [6.07, 6.45) is 0.876. The summed E-state index contributed by atoms with van der Waals surface area (Å²) < 4.78 is 4.92. The highest BCUT2D eigenvalue weighted by atomic mass is 16.5. The Morgan fingerprint density at radius 2 is 1.88 bits per heavy atom. The molecule has 136 valence electrons. The lowest BCUT2D eigenvalue weighted by atomic mass is 10.1. The Hall–Kier alpha value is -3.16. The first-order valence-electron chi connectivity index (χ1n) is 8.40. The number of hydrogen-bond acceptors (Lipinski definition) is 5. The number of aryl methyl sites for hydroxylation is 1. The van der Waals surface area contributed by atoms with Crippen LogP contribution in [0.1, 0.15) is 28.2 Å². The Morgan fingerprint density at radius 1 is 1.15 bits per heavy atom. The van der Waals surface area contributed by atoms with Crippen molar-refractivity contribution in [2.75, 3.05) is 19.6 Å². The highest BCUT2D eigenvalue weighted by Gasteiger charge is 2.32. The van der Waals surface area contributed by atoms with Crippen molar-refractivity contribution in [3.8, 4) is 0 Å². The van der Waals surface area contributed by atoms with Crippen molar-refractivity contribution in [1.82, 2.24) is 20.5 Å². The Morgan fingerprint density at radius 3 is 2.58 bits per heavy atom. The molecule has 0 atom stereocenters. The second-order valence-electron chi connectivity index (χ2n) is 6.06. The summed E-state index contributed by atoms with van der Waals surface area (Å²) in [5, 5.41) is 9.02. The van der Waals surface area contributed by atoms with Crippen LogP contribution in [0.5, 0.6) is 0 Å². The van der Waals surface area contributed by atoms with Gasteiger partial charge in [-0.1, -0.05) is 35.5 Å². The summed E-state index contributed by atoms with van der Waals surface area (Å²) in [6.45, 7) is 2.39. The first-order valence-corrected chi connectivity index (χ1v) is 8.40. The molecule has 0 radical (unpaired) electrons. The second-order valence-corrected chi connectivity index (χ2v) is 6.06. The fourth-order valence-electron chi connectivity index (χ4n) is 2.79.